The maximum atomic E-state index is 13.1. The molecule has 0 spiro atoms. The summed E-state index contributed by atoms with van der Waals surface area (Å²) in [6.45, 7) is 2.17. The molecule has 7 nitrogen and oxygen atoms in total. The molecule has 2 aliphatic carbocycles. The first-order chi connectivity index (χ1) is 14.5. The summed E-state index contributed by atoms with van der Waals surface area (Å²) in [7, 11) is 1.38. The van der Waals surface area contributed by atoms with Crippen LogP contribution >= 0.6 is 0 Å². The Hall–Kier alpha value is -1.87. The molecule has 1 saturated heterocycles. The SMILES string of the molecule is COC(=O)N1[C@H](C)C[C@H](NCCF)[C@@H]1CO[C@H]1CC[C@@]2(c3ncc(F)cn3)C[C@H]2C1. The number of amides is 1. The van der Waals surface area contributed by atoms with Crippen LogP contribution in [0.15, 0.2) is 12.4 Å². The molecule has 1 aliphatic heterocycles. The van der Waals surface area contributed by atoms with Crippen LogP contribution in [-0.4, -0.2) is 72.1 Å². The molecular formula is C21H30F2N4O3. The number of likely N-dealkylation sites (tertiary alicyclic amines) is 1. The van der Waals surface area contributed by atoms with Crippen molar-refractivity contribution in [3.05, 3.63) is 24.0 Å². The third-order valence-corrected chi connectivity index (χ3v) is 7.04. The van der Waals surface area contributed by atoms with Gasteiger partial charge in [-0.2, -0.15) is 0 Å². The number of halogens is 2. The zero-order chi connectivity index (χ0) is 21.3. The first-order valence-electron chi connectivity index (χ1n) is 10.7. The van der Waals surface area contributed by atoms with Crippen LogP contribution in [0, 0.1) is 11.7 Å². The van der Waals surface area contributed by atoms with Crippen molar-refractivity contribution in [1.82, 2.24) is 20.2 Å². The molecule has 9 heteroatoms. The van der Waals surface area contributed by atoms with E-state index in [0.29, 0.717) is 12.5 Å². The topological polar surface area (TPSA) is 76.6 Å². The lowest BCUT2D eigenvalue weighted by Crippen LogP contribution is -2.49. The smallest absolute Gasteiger partial charge is 0.410 e. The van der Waals surface area contributed by atoms with E-state index in [1.807, 2.05) is 6.92 Å². The molecule has 4 rings (SSSR count). The quantitative estimate of drug-likeness (QED) is 0.725. The lowest BCUT2D eigenvalue weighted by molar-refractivity contribution is -0.0113. The van der Waals surface area contributed by atoms with E-state index in [9.17, 15) is 13.6 Å². The molecule has 2 saturated carbocycles. The van der Waals surface area contributed by atoms with Gasteiger partial charge in [-0.1, -0.05) is 0 Å². The van der Waals surface area contributed by atoms with E-state index in [2.05, 4.69) is 15.3 Å². The number of alkyl halides is 1. The highest BCUT2D eigenvalue weighted by Crippen LogP contribution is 2.61. The minimum absolute atomic E-state index is 0.00113. The van der Waals surface area contributed by atoms with Crippen LogP contribution in [0.25, 0.3) is 0 Å². The van der Waals surface area contributed by atoms with Crippen LogP contribution in [0.4, 0.5) is 13.6 Å². The predicted octanol–water partition coefficient (Wildman–Crippen LogP) is 2.60. The van der Waals surface area contributed by atoms with Gasteiger partial charge in [0.2, 0.25) is 0 Å². The van der Waals surface area contributed by atoms with Crippen LogP contribution in [0.1, 0.15) is 44.9 Å². The fourth-order valence-corrected chi connectivity index (χ4v) is 5.43. The van der Waals surface area contributed by atoms with Crippen molar-refractivity contribution in [2.45, 2.75) is 68.7 Å². The highest BCUT2D eigenvalue weighted by Gasteiger charge is 2.60. The van der Waals surface area contributed by atoms with Crippen molar-refractivity contribution in [1.29, 1.82) is 0 Å². The summed E-state index contributed by atoms with van der Waals surface area (Å²) >= 11 is 0. The van der Waals surface area contributed by atoms with Crippen LogP contribution in [0.3, 0.4) is 0 Å². The summed E-state index contributed by atoms with van der Waals surface area (Å²) in [4.78, 5) is 22.4. The Morgan fingerprint density at radius 1 is 1.37 bits per heavy atom. The number of aromatic nitrogens is 2. The second-order valence-corrected chi connectivity index (χ2v) is 8.79. The molecule has 166 valence electrons. The summed E-state index contributed by atoms with van der Waals surface area (Å²) in [6, 6.07) is -0.211. The maximum Gasteiger partial charge on any atom is 0.410 e. The molecule has 1 aromatic heterocycles. The summed E-state index contributed by atoms with van der Waals surface area (Å²) in [5, 5.41) is 3.21. The number of methoxy groups -OCH3 is 1. The standard InChI is InChI=1S/C21H30F2N4O3/c1-13-7-17(24-6-5-22)18(27(13)20(28)29-2)12-30-16-3-4-21(9-14(21)8-16)19-25-10-15(23)11-26-19/h10-11,13-14,16-18,24H,3-9,12H2,1-2H3/t13-,14-,16+,17+,18+,21-/m1/s1. The Morgan fingerprint density at radius 3 is 2.80 bits per heavy atom. The van der Waals surface area contributed by atoms with Gasteiger partial charge in [0.1, 0.15) is 12.5 Å². The Labute approximate surface area is 175 Å². The zero-order valence-electron chi connectivity index (χ0n) is 17.5. The Balaban J connectivity index is 1.35. The van der Waals surface area contributed by atoms with Gasteiger partial charge in [-0.25, -0.2) is 23.5 Å². The van der Waals surface area contributed by atoms with Crippen LogP contribution < -0.4 is 5.32 Å². The van der Waals surface area contributed by atoms with Crippen LogP contribution in [0.2, 0.25) is 0 Å². The lowest BCUT2D eigenvalue weighted by atomic mass is 9.86. The van der Waals surface area contributed by atoms with Crippen molar-refractivity contribution in [2.24, 2.45) is 5.92 Å². The maximum absolute atomic E-state index is 13.1. The normalized spacial score (nSPS) is 35.2. The van der Waals surface area contributed by atoms with Crippen LogP contribution in [0.5, 0.6) is 0 Å². The fourth-order valence-electron chi connectivity index (χ4n) is 5.43. The first-order valence-corrected chi connectivity index (χ1v) is 10.7. The van der Waals surface area contributed by atoms with Gasteiger partial charge < -0.3 is 14.8 Å². The number of rotatable bonds is 7. The third kappa shape index (κ3) is 4.01. The van der Waals surface area contributed by atoms with E-state index < -0.39 is 12.5 Å². The molecule has 0 unspecified atom stereocenters. The first kappa shape index (κ1) is 21.4. The van der Waals surface area contributed by atoms with Crippen molar-refractivity contribution in [2.75, 3.05) is 26.9 Å². The van der Waals surface area contributed by atoms with Gasteiger partial charge >= 0.3 is 6.09 Å². The van der Waals surface area contributed by atoms with E-state index in [0.717, 1.165) is 37.9 Å². The number of fused-ring (bicyclic) bond motifs is 1. The highest BCUT2D eigenvalue weighted by atomic mass is 19.1. The molecule has 1 N–H and O–H groups in total. The molecule has 0 aromatic carbocycles. The van der Waals surface area contributed by atoms with Crippen LogP contribution in [-0.2, 0) is 14.9 Å². The molecule has 1 amide bonds. The highest BCUT2D eigenvalue weighted by molar-refractivity contribution is 5.69. The van der Waals surface area contributed by atoms with Crippen molar-refractivity contribution in [3.63, 3.8) is 0 Å². The fraction of sp³-hybridized carbons (Fsp3) is 0.762. The minimum atomic E-state index is -0.450. The second-order valence-electron chi connectivity index (χ2n) is 8.79. The third-order valence-electron chi connectivity index (χ3n) is 7.04. The predicted molar refractivity (Wildman–Crippen MR) is 105 cm³/mol. The lowest BCUT2D eigenvalue weighted by Gasteiger charge is -2.32. The average molecular weight is 424 g/mol. The average Bonchev–Trinajstić information content (AvgIpc) is 3.40. The molecule has 30 heavy (non-hydrogen) atoms. The molecule has 0 bridgehead atoms. The van der Waals surface area contributed by atoms with Gasteiger partial charge in [0.25, 0.3) is 0 Å². The molecule has 2 heterocycles. The van der Waals surface area contributed by atoms with Gasteiger partial charge in [-0.05, 0) is 44.9 Å². The van der Waals surface area contributed by atoms with E-state index in [4.69, 9.17) is 9.47 Å². The zero-order valence-corrected chi connectivity index (χ0v) is 17.5. The van der Waals surface area contributed by atoms with Gasteiger partial charge in [0.05, 0.1) is 38.3 Å². The summed E-state index contributed by atoms with van der Waals surface area (Å²) in [5.41, 5.74) is -0.0291. The number of nitrogens with zero attached hydrogens (tertiary/aromatic N) is 3. The van der Waals surface area contributed by atoms with E-state index in [-0.39, 0.29) is 42.3 Å². The molecular weight excluding hydrogens is 394 g/mol. The van der Waals surface area contributed by atoms with E-state index in [1.54, 1.807) is 4.90 Å². The van der Waals surface area contributed by atoms with E-state index >= 15 is 0 Å². The van der Waals surface area contributed by atoms with Crippen molar-refractivity contribution in [3.8, 4) is 0 Å². The number of hydrogen-bond acceptors (Lipinski definition) is 6. The van der Waals surface area contributed by atoms with Gasteiger partial charge in [0, 0.05) is 24.0 Å². The van der Waals surface area contributed by atoms with Gasteiger partial charge in [-0.3, -0.25) is 4.90 Å². The summed E-state index contributed by atoms with van der Waals surface area (Å²) < 4.78 is 37.1. The molecule has 1 aromatic rings. The van der Waals surface area contributed by atoms with Crippen molar-refractivity contribution < 1.29 is 23.0 Å². The Bertz CT molecular complexity index is 752. The summed E-state index contributed by atoms with van der Waals surface area (Å²) in [5.74, 6) is 0.770. The minimum Gasteiger partial charge on any atom is -0.453 e. The largest absolute Gasteiger partial charge is 0.453 e. The van der Waals surface area contributed by atoms with Gasteiger partial charge in [-0.15, -0.1) is 0 Å². The Morgan fingerprint density at radius 2 is 2.13 bits per heavy atom. The Kier molecular flexibility index (Phi) is 6.20. The number of ether oxygens (including phenoxy) is 2. The molecule has 3 aliphatic rings. The number of nitrogens with one attached hydrogen (secondary N) is 1. The number of carbonyl (C=O) groups is 1. The molecule has 3 fully saturated rings. The van der Waals surface area contributed by atoms with E-state index in [1.165, 1.54) is 19.5 Å². The monoisotopic (exact) mass is 424 g/mol. The summed E-state index contributed by atoms with van der Waals surface area (Å²) in [6.07, 6.45) is 6.64. The number of carbonyl (C=O) groups excluding carboxylic acids is 1. The second kappa shape index (κ2) is 8.70. The number of hydrogen-bond donors (Lipinski definition) is 1. The van der Waals surface area contributed by atoms with Crippen molar-refractivity contribution >= 4 is 6.09 Å². The van der Waals surface area contributed by atoms with Gasteiger partial charge in [0.15, 0.2) is 5.82 Å². The molecule has 6 atom stereocenters. The molecule has 0 radical (unpaired) electrons.